The van der Waals surface area contributed by atoms with Gasteiger partial charge in [0.2, 0.25) is 0 Å². The normalized spacial score (nSPS) is 11.1. The third-order valence-electron chi connectivity index (χ3n) is 4.48. The molecule has 0 aliphatic carbocycles. The van der Waals surface area contributed by atoms with E-state index in [1.807, 2.05) is 72.9 Å². The van der Waals surface area contributed by atoms with E-state index in [9.17, 15) is 10.1 Å². The molecule has 146 valence electrons. The number of furan rings is 1. The molecular weight excluding hydrogens is 376 g/mol. The SMILES string of the molecule is N#C/C(=C\c1cn(-c2ccccc2)nc1-c1ccccc1)C(=O)NCc1ccco1. The summed E-state index contributed by atoms with van der Waals surface area (Å²) >= 11 is 0. The van der Waals surface area contributed by atoms with Crippen molar-refractivity contribution in [2.75, 3.05) is 0 Å². The minimum Gasteiger partial charge on any atom is -0.467 e. The Hall–Kier alpha value is -4.37. The topological polar surface area (TPSA) is 83.8 Å². The zero-order chi connectivity index (χ0) is 20.8. The Bertz CT molecular complexity index is 1200. The first kappa shape index (κ1) is 19.0. The van der Waals surface area contributed by atoms with Crippen LogP contribution in [0.1, 0.15) is 11.3 Å². The minimum absolute atomic E-state index is 0.00801. The molecule has 0 spiro atoms. The van der Waals surface area contributed by atoms with Crippen molar-refractivity contribution in [3.63, 3.8) is 0 Å². The molecule has 2 heterocycles. The lowest BCUT2D eigenvalue weighted by atomic mass is 10.1. The smallest absolute Gasteiger partial charge is 0.262 e. The highest BCUT2D eigenvalue weighted by molar-refractivity contribution is 6.02. The van der Waals surface area contributed by atoms with E-state index in [4.69, 9.17) is 9.52 Å². The van der Waals surface area contributed by atoms with Gasteiger partial charge in [-0.3, -0.25) is 4.79 Å². The maximum Gasteiger partial charge on any atom is 0.262 e. The van der Waals surface area contributed by atoms with Gasteiger partial charge in [0.25, 0.3) is 5.91 Å². The first-order chi connectivity index (χ1) is 14.7. The number of benzene rings is 2. The fourth-order valence-electron chi connectivity index (χ4n) is 3.01. The molecule has 0 atom stereocenters. The van der Waals surface area contributed by atoms with Crippen molar-refractivity contribution in [2.24, 2.45) is 0 Å². The standard InChI is InChI=1S/C24H18N4O2/c25-15-19(24(29)26-16-22-12-7-13-30-22)14-20-17-28(21-10-5-2-6-11-21)27-23(20)18-8-3-1-4-9-18/h1-14,17H,16H2,(H,26,29)/b19-14+. The molecule has 1 amide bonds. The van der Waals surface area contributed by atoms with Gasteiger partial charge in [-0.05, 0) is 30.3 Å². The van der Waals surface area contributed by atoms with Crippen molar-refractivity contribution in [3.8, 4) is 23.0 Å². The number of hydrogen-bond donors (Lipinski definition) is 1. The maximum absolute atomic E-state index is 12.5. The molecule has 30 heavy (non-hydrogen) atoms. The van der Waals surface area contributed by atoms with Gasteiger partial charge >= 0.3 is 0 Å². The summed E-state index contributed by atoms with van der Waals surface area (Å²) in [6, 6.07) is 24.8. The highest BCUT2D eigenvalue weighted by atomic mass is 16.3. The lowest BCUT2D eigenvalue weighted by molar-refractivity contribution is -0.117. The highest BCUT2D eigenvalue weighted by Gasteiger charge is 2.15. The molecule has 0 unspecified atom stereocenters. The van der Waals surface area contributed by atoms with Crippen LogP contribution in [-0.4, -0.2) is 15.7 Å². The second kappa shape index (κ2) is 8.76. The predicted octanol–water partition coefficient (Wildman–Crippen LogP) is 4.36. The Kier molecular flexibility index (Phi) is 5.54. The molecular formula is C24H18N4O2. The minimum atomic E-state index is -0.472. The molecule has 6 heteroatoms. The van der Waals surface area contributed by atoms with E-state index in [2.05, 4.69) is 5.32 Å². The molecule has 0 saturated heterocycles. The van der Waals surface area contributed by atoms with E-state index < -0.39 is 5.91 Å². The molecule has 4 rings (SSSR count). The lowest BCUT2D eigenvalue weighted by Crippen LogP contribution is -2.23. The Morgan fingerprint density at radius 1 is 1.07 bits per heavy atom. The van der Waals surface area contributed by atoms with Gasteiger partial charge in [-0.15, -0.1) is 0 Å². The number of aromatic nitrogens is 2. The number of carbonyl (C=O) groups excluding carboxylic acids is 1. The summed E-state index contributed by atoms with van der Waals surface area (Å²) in [5.74, 6) is 0.142. The van der Waals surface area contributed by atoms with Gasteiger partial charge in [-0.2, -0.15) is 10.4 Å². The van der Waals surface area contributed by atoms with Gasteiger partial charge in [0, 0.05) is 17.3 Å². The van der Waals surface area contributed by atoms with Crippen LogP contribution < -0.4 is 5.32 Å². The van der Waals surface area contributed by atoms with Crippen molar-refractivity contribution < 1.29 is 9.21 Å². The number of rotatable bonds is 6. The Balaban J connectivity index is 1.69. The number of hydrogen-bond acceptors (Lipinski definition) is 4. The van der Waals surface area contributed by atoms with E-state index >= 15 is 0 Å². The molecule has 2 aromatic heterocycles. The van der Waals surface area contributed by atoms with Crippen LogP contribution in [0.5, 0.6) is 0 Å². The second-order valence-electron chi connectivity index (χ2n) is 6.51. The Morgan fingerprint density at radius 3 is 2.47 bits per heavy atom. The first-order valence-electron chi connectivity index (χ1n) is 9.37. The highest BCUT2D eigenvalue weighted by Crippen LogP contribution is 2.25. The first-order valence-corrected chi connectivity index (χ1v) is 9.37. The quantitative estimate of drug-likeness (QED) is 0.389. The fourth-order valence-corrected chi connectivity index (χ4v) is 3.01. The number of amides is 1. The second-order valence-corrected chi connectivity index (χ2v) is 6.51. The number of nitrogens with zero attached hydrogens (tertiary/aromatic N) is 3. The maximum atomic E-state index is 12.5. The van der Waals surface area contributed by atoms with Gasteiger partial charge < -0.3 is 9.73 Å². The lowest BCUT2D eigenvalue weighted by Gasteiger charge is -2.02. The van der Waals surface area contributed by atoms with Crippen LogP contribution in [0.3, 0.4) is 0 Å². The van der Waals surface area contributed by atoms with E-state index in [1.165, 1.54) is 6.26 Å². The summed E-state index contributed by atoms with van der Waals surface area (Å²) < 4.78 is 6.95. The summed E-state index contributed by atoms with van der Waals surface area (Å²) in [5.41, 5.74) is 3.13. The van der Waals surface area contributed by atoms with Crippen LogP contribution in [0.15, 0.2) is 95.2 Å². The van der Waals surface area contributed by atoms with Crippen LogP contribution >= 0.6 is 0 Å². The van der Waals surface area contributed by atoms with Crippen LogP contribution in [0, 0.1) is 11.3 Å². The molecule has 6 nitrogen and oxygen atoms in total. The summed E-state index contributed by atoms with van der Waals surface area (Å²) in [4.78, 5) is 12.5. The fraction of sp³-hybridized carbons (Fsp3) is 0.0417. The van der Waals surface area contributed by atoms with Gasteiger partial charge in [-0.1, -0.05) is 48.5 Å². The van der Waals surface area contributed by atoms with Crippen molar-refractivity contribution in [2.45, 2.75) is 6.54 Å². The number of nitrogens with one attached hydrogen (secondary N) is 1. The zero-order valence-electron chi connectivity index (χ0n) is 16.0. The summed E-state index contributed by atoms with van der Waals surface area (Å²) in [6.07, 6.45) is 4.91. The van der Waals surface area contributed by atoms with E-state index in [0.29, 0.717) is 17.0 Å². The zero-order valence-corrected chi connectivity index (χ0v) is 16.0. The molecule has 0 fully saturated rings. The molecule has 0 saturated carbocycles. The van der Waals surface area contributed by atoms with Crippen LogP contribution in [0.25, 0.3) is 23.0 Å². The third-order valence-corrected chi connectivity index (χ3v) is 4.48. The molecule has 2 aromatic carbocycles. The number of nitriles is 1. The summed E-state index contributed by atoms with van der Waals surface area (Å²) in [6.45, 7) is 0.208. The van der Waals surface area contributed by atoms with Gasteiger partial charge in [0.05, 0.1) is 24.2 Å². The number of carbonyl (C=O) groups is 1. The van der Waals surface area contributed by atoms with Crippen molar-refractivity contribution in [1.29, 1.82) is 5.26 Å². The van der Waals surface area contributed by atoms with E-state index in [-0.39, 0.29) is 12.1 Å². The molecule has 0 aliphatic rings. The van der Waals surface area contributed by atoms with Crippen molar-refractivity contribution in [1.82, 2.24) is 15.1 Å². The Labute approximate surface area is 173 Å². The molecule has 4 aromatic rings. The van der Waals surface area contributed by atoms with Crippen LogP contribution in [-0.2, 0) is 11.3 Å². The number of para-hydroxylation sites is 1. The predicted molar refractivity (Wildman–Crippen MR) is 113 cm³/mol. The van der Waals surface area contributed by atoms with Gasteiger partial charge in [0.15, 0.2) is 0 Å². The average molecular weight is 394 g/mol. The molecule has 0 aliphatic heterocycles. The summed E-state index contributed by atoms with van der Waals surface area (Å²) in [5, 5.41) is 17.0. The van der Waals surface area contributed by atoms with Crippen molar-refractivity contribution in [3.05, 3.63) is 102 Å². The Morgan fingerprint density at radius 2 is 1.80 bits per heavy atom. The third kappa shape index (κ3) is 4.21. The van der Waals surface area contributed by atoms with E-state index in [1.54, 1.807) is 22.9 Å². The van der Waals surface area contributed by atoms with E-state index in [0.717, 1.165) is 11.3 Å². The van der Waals surface area contributed by atoms with Crippen LogP contribution in [0.4, 0.5) is 0 Å². The molecule has 1 N–H and O–H groups in total. The average Bonchev–Trinajstić information content (AvgIpc) is 3.47. The molecule has 0 bridgehead atoms. The summed E-state index contributed by atoms with van der Waals surface area (Å²) in [7, 11) is 0. The van der Waals surface area contributed by atoms with Gasteiger partial charge in [-0.25, -0.2) is 4.68 Å². The van der Waals surface area contributed by atoms with Crippen molar-refractivity contribution >= 4 is 12.0 Å². The van der Waals surface area contributed by atoms with Crippen LogP contribution in [0.2, 0.25) is 0 Å². The largest absolute Gasteiger partial charge is 0.467 e. The monoisotopic (exact) mass is 394 g/mol. The van der Waals surface area contributed by atoms with Gasteiger partial charge in [0.1, 0.15) is 17.4 Å². The molecule has 0 radical (unpaired) electrons.